The molecule has 5 rings (SSSR count). The molecule has 0 spiro atoms. The standard InChI is InChI=1S/C27H19N3O7/c1-27(15-8-3-2-4-9-15)25(35)30(26(36)28-27)29-20(31)14-37-24(34)19-13-7-12-18-21(19)23(33)17-11-6-5-10-16(17)22(18)32/h2-13H,14H2,1H3,(H,28,36)(H,29,31)/t27-/m0/s1. The number of nitrogens with one attached hydrogen (secondary N) is 2. The Morgan fingerprint density at radius 3 is 2.16 bits per heavy atom. The predicted octanol–water partition coefficient (Wildman–Crippen LogP) is 2.12. The largest absolute Gasteiger partial charge is 0.452 e. The van der Waals surface area contributed by atoms with Crippen molar-refractivity contribution in [2.75, 3.05) is 6.61 Å². The second-order valence-electron chi connectivity index (χ2n) is 8.60. The van der Waals surface area contributed by atoms with Crippen LogP contribution in [-0.2, 0) is 19.9 Å². The van der Waals surface area contributed by atoms with E-state index in [1.807, 2.05) is 0 Å². The highest BCUT2D eigenvalue weighted by atomic mass is 16.5. The molecule has 184 valence electrons. The molecule has 0 aromatic heterocycles. The number of benzene rings is 3. The van der Waals surface area contributed by atoms with Gasteiger partial charge in [0.05, 0.1) is 5.56 Å². The lowest BCUT2D eigenvalue weighted by molar-refractivity contribution is -0.140. The quantitative estimate of drug-likeness (QED) is 0.318. The zero-order valence-corrected chi connectivity index (χ0v) is 19.4. The van der Waals surface area contributed by atoms with E-state index in [1.165, 1.54) is 37.3 Å². The molecule has 0 bridgehead atoms. The van der Waals surface area contributed by atoms with Crippen LogP contribution < -0.4 is 10.7 Å². The molecule has 10 nitrogen and oxygen atoms in total. The number of urea groups is 1. The van der Waals surface area contributed by atoms with Crippen LogP contribution in [0.4, 0.5) is 4.79 Å². The number of hydrogen-bond acceptors (Lipinski definition) is 7. The fourth-order valence-electron chi connectivity index (χ4n) is 4.39. The molecule has 3 aromatic carbocycles. The zero-order chi connectivity index (χ0) is 26.3. The number of ketones is 2. The van der Waals surface area contributed by atoms with Crippen LogP contribution in [0, 0.1) is 0 Å². The summed E-state index contributed by atoms with van der Waals surface area (Å²) in [6, 6.07) is 18.1. The first kappa shape index (κ1) is 23.6. The van der Waals surface area contributed by atoms with Gasteiger partial charge in [0.1, 0.15) is 5.54 Å². The molecule has 3 aromatic rings. The molecule has 1 heterocycles. The van der Waals surface area contributed by atoms with Gasteiger partial charge in [0.2, 0.25) is 0 Å². The van der Waals surface area contributed by atoms with E-state index < -0.39 is 47.5 Å². The first-order valence-electron chi connectivity index (χ1n) is 11.2. The van der Waals surface area contributed by atoms with E-state index in [2.05, 4.69) is 10.7 Å². The number of amides is 4. The van der Waals surface area contributed by atoms with Crippen molar-refractivity contribution in [2.24, 2.45) is 0 Å². The summed E-state index contributed by atoms with van der Waals surface area (Å²) in [6.07, 6.45) is 0. The van der Waals surface area contributed by atoms with E-state index in [4.69, 9.17) is 4.74 Å². The SMILES string of the molecule is C[C@@]1(c2ccccc2)NC(=O)N(NC(=O)COC(=O)c2cccc3c2C(=O)c2ccccc2C3=O)C1=O. The fraction of sp³-hybridized carbons (Fsp3) is 0.111. The van der Waals surface area contributed by atoms with Crippen molar-refractivity contribution in [1.82, 2.24) is 15.8 Å². The lowest BCUT2D eigenvalue weighted by atomic mass is 9.82. The fourth-order valence-corrected chi connectivity index (χ4v) is 4.39. The average molecular weight is 497 g/mol. The first-order chi connectivity index (χ1) is 17.7. The van der Waals surface area contributed by atoms with Crippen LogP contribution in [0.1, 0.15) is 54.7 Å². The Hall–Kier alpha value is -5.12. The number of carbonyl (C=O) groups excluding carboxylic acids is 6. The Balaban J connectivity index is 1.29. The summed E-state index contributed by atoms with van der Waals surface area (Å²) in [5.74, 6) is -3.60. The van der Waals surface area contributed by atoms with Crippen LogP contribution in [0.5, 0.6) is 0 Å². The summed E-state index contributed by atoms with van der Waals surface area (Å²) in [4.78, 5) is 76.5. The molecule has 4 amide bonds. The van der Waals surface area contributed by atoms with Crippen molar-refractivity contribution in [3.63, 3.8) is 0 Å². The summed E-state index contributed by atoms with van der Waals surface area (Å²) in [6.45, 7) is 0.657. The number of ether oxygens (including phenoxy) is 1. The van der Waals surface area contributed by atoms with Crippen LogP contribution in [0.3, 0.4) is 0 Å². The maximum absolute atomic E-state index is 13.1. The van der Waals surface area contributed by atoms with Gasteiger partial charge in [-0.1, -0.05) is 66.7 Å². The monoisotopic (exact) mass is 497 g/mol. The Kier molecular flexibility index (Phi) is 5.63. The third-order valence-electron chi connectivity index (χ3n) is 6.29. The molecule has 37 heavy (non-hydrogen) atoms. The topological polar surface area (TPSA) is 139 Å². The lowest BCUT2D eigenvalue weighted by Gasteiger charge is -2.22. The molecule has 1 saturated heterocycles. The molecule has 0 saturated carbocycles. The van der Waals surface area contributed by atoms with Crippen LogP contribution in [0.2, 0.25) is 0 Å². The highest BCUT2D eigenvalue weighted by molar-refractivity contribution is 6.30. The van der Waals surface area contributed by atoms with Crippen molar-refractivity contribution < 1.29 is 33.5 Å². The number of nitrogens with zero attached hydrogens (tertiary/aromatic N) is 1. The Morgan fingerprint density at radius 1 is 0.838 bits per heavy atom. The van der Waals surface area contributed by atoms with Gasteiger partial charge in [0.15, 0.2) is 18.2 Å². The maximum Gasteiger partial charge on any atom is 0.344 e. The average Bonchev–Trinajstić information content (AvgIpc) is 3.14. The molecule has 1 atom stereocenters. The van der Waals surface area contributed by atoms with Gasteiger partial charge in [-0.05, 0) is 18.6 Å². The highest BCUT2D eigenvalue weighted by Crippen LogP contribution is 2.30. The van der Waals surface area contributed by atoms with Gasteiger partial charge in [0.25, 0.3) is 11.8 Å². The minimum Gasteiger partial charge on any atom is -0.452 e. The van der Waals surface area contributed by atoms with Crippen molar-refractivity contribution in [2.45, 2.75) is 12.5 Å². The zero-order valence-electron chi connectivity index (χ0n) is 19.4. The van der Waals surface area contributed by atoms with Gasteiger partial charge in [-0.2, -0.15) is 5.01 Å². The third kappa shape index (κ3) is 3.84. The Morgan fingerprint density at radius 2 is 1.46 bits per heavy atom. The maximum atomic E-state index is 13.1. The lowest BCUT2D eigenvalue weighted by Crippen LogP contribution is -2.49. The molecule has 1 fully saturated rings. The molecule has 0 unspecified atom stereocenters. The molecule has 2 N–H and O–H groups in total. The molecule has 1 aliphatic heterocycles. The summed E-state index contributed by atoms with van der Waals surface area (Å²) < 4.78 is 5.06. The van der Waals surface area contributed by atoms with Crippen molar-refractivity contribution in [1.29, 1.82) is 0 Å². The minimum atomic E-state index is -1.39. The predicted molar refractivity (Wildman–Crippen MR) is 127 cm³/mol. The highest BCUT2D eigenvalue weighted by Gasteiger charge is 2.50. The summed E-state index contributed by atoms with van der Waals surface area (Å²) >= 11 is 0. The Labute approximate surface area is 210 Å². The van der Waals surface area contributed by atoms with Crippen molar-refractivity contribution in [3.05, 3.63) is 106 Å². The van der Waals surface area contributed by atoms with E-state index in [0.717, 1.165) is 0 Å². The van der Waals surface area contributed by atoms with Crippen LogP contribution in [0.25, 0.3) is 0 Å². The summed E-state index contributed by atoms with van der Waals surface area (Å²) in [7, 11) is 0. The van der Waals surface area contributed by atoms with E-state index >= 15 is 0 Å². The Bertz CT molecular complexity index is 1520. The number of fused-ring (bicyclic) bond motifs is 2. The van der Waals surface area contributed by atoms with Gasteiger partial charge in [-0.3, -0.25) is 24.6 Å². The first-order valence-corrected chi connectivity index (χ1v) is 11.2. The smallest absolute Gasteiger partial charge is 0.344 e. The van der Waals surface area contributed by atoms with Gasteiger partial charge >= 0.3 is 12.0 Å². The van der Waals surface area contributed by atoms with Gasteiger partial charge in [-0.15, -0.1) is 0 Å². The van der Waals surface area contributed by atoms with E-state index in [0.29, 0.717) is 10.6 Å². The van der Waals surface area contributed by atoms with E-state index in [1.54, 1.807) is 42.5 Å². The molecular formula is C27H19N3O7. The van der Waals surface area contributed by atoms with E-state index in [-0.39, 0.29) is 27.8 Å². The second kappa shape index (κ2) is 8.83. The second-order valence-corrected chi connectivity index (χ2v) is 8.60. The normalized spacial score (nSPS) is 18.1. The number of esters is 1. The molecule has 10 heteroatoms. The minimum absolute atomic E-state index is 0.0575. The number of carbonyl (C=O) groups is 6. The van der Waals surface area contributed by atoms with Crippen LogP contribution >= 0.6 is 0 Å². The van der Waals surface area contributed by atoms with Crippen LogP contribution in [0.15, 0.2) is 72.8 Å². The van der Waals surface area contributed by atoms with E-state index in [9.17, 15) is 28.8 Å². The van der Waals surface area contributed by atoms with Gasteiger partial charge < -0.3 is 10.1 Å². The molecule has 1 aliphatic carbocycles. The molecular weight excluding hydrogens is 478 g/mol. The van der Waals surface area contributed by atoms with Gasteiger partial charge in [-0.25, -0.2) is 9.59 Å². The van der Waals surface area contributed by atoms with Crippen LogP contribution in [-0.4, -0.2) is 47.0 Å². The number of imide groups is 1. The number of hydrogen-bond donors (Lipinski definition) is 2. The third-order valence-corrected chi connectivity index (χ3v) is 6.29. The summed E-state index contributed by atoms with van der Waals surface area (Å²) in [5.41, 5.74) is 1.44. The van der Waals surface area contributed by atoms with Crippen molar-refractivity contribution in [3.8, 4) is 0 Å². The number of hydrazine groups is 1. The van der Waals surface area contributed by atoms with Crippen molar-refractivity contribution >= 4 is 35.4 Å². The number of rotatable bonds is 5. The molecule has 0 radical (unpaired) electrons. The summed E-state index contributed by atoms with van der Waals surface area (Å²) in [5, 5.41) is 3.06. The molecule has 2 aliphatic rings. The van der Waals surface area contributed by atoms with Gasteiger partial charge in [0, 0.05) is 22.3 Å².